The van der Waals surface area contributed by atoms with Crippen LogP contribution in [0.3, 0.4) is 0 Å². The number of thioether (sulfide) groups is 1. The number of anilines is 2. The van der Waals surface area contributed by atoms with Gasteiger partial charge in [-0.15, -0.1) is 11.8 Å². The summed E-state index contributed by atoms with van der Waals surface area (Å²) >= 11 is 1.60. The topological polar surface area (TPSA) is 75.7 Å². The highest BCUT2D eigenvalue weighted by atomic mass is 32.2. The number of sulfonamides is 1. The van der Waals surface area contributed by atoms with Crippen molar-refractivity contribution in [2.75, 3.05) is 29.0 Å². The number of rotatable bonds is 9. The summed E-state index contributed by atoms with van der Waals surface area (Å²) in [5.74, 6) is 0.758. The number of hydrogen-bond acceptors (Lipinski definition) is 5. The lowest BCUT2D eigenvalue weighted by molar-refractivity contribution is -0.114. The standard InChI is InChI=1S/C23H24N2O4S2/c1-3-30-22-16-10-7-13-19(22)24-23(26)17-25(20-14-8-9-15-21(20)29-2)31(27,28)18-11-5-4-6-12-18/h4-16H,3,17H2,1-2H3,(H,24,26). The first kappa shape index (κ1) is 22.7. The largest absolute Gasteiger partial charge is 0.495 e. The minimum atomic E-state index is -4.01. The van der Waals surface area contributed by atoms with E-state index in [4.69, 9.17) is 4.74 Å². The van der Waals surface area contributed by atoms with Crippen molar-refractivity contribution < 1.29 is 17.9 Å². The molecule has 0 aliphatic heterocycles. The molecule has 1 amide bonds. The fourth-order valence-electron chi connectivity index (χ4n) is 3.03. The van der Waals surface area contributed by atoms with E-state index in [1.807, 2.05) is 25.1 Å². The lowest BCUT2D eigenvalue weighted by Gasteiger charge is -2.25. The number of hydrogen-bond donors (Lipinski definition) is 1. The monoisotopic (exact) mass is 456 g/mol. The van der Waals surface area contributed by atoms with Gasteiger partial charge in [0.1, 0.15) is 12.3 Å². The van der Waals surface area contributed by atoms with E-state index in [-0.39, 0.29) is 4.90 Å². The summed E-state index contributed by atoms with van der Waals surface area (Å²) in [6.07, 6.45) is 0. The molecule has 6 nitrogen and oxygen atoms in total. The van der Waals surface area contributed by atoms with Crippen LogP contribution in [0.5, 0.6) is 5.75 Å². The van der Waals surface area contributed by atoms with E-state index in [0.717, 1.165) is 15.0 Å². The van der Waals surface area contributed by atoms with Gasteiger partial charge < -0.3 is 10.1 Å². The molecule has 0 unspecified atom stereocenters. The van der Waals surface area contributed by atoms with Gasteiger partial charge in [-0.3, -0.25) is 9.10 Å². The van der Waals surface area contributed by atoms with Crippen LogP contribution in [-0.2, 0) is 14.8 Å². The molecule has 31 heavy (non-hydrogen) atoms. The number of carbonyl (C=O) groups excluding carboxylic acids is 1. The molecular weight excluding hydrogens is 432 g/mol. The van der Waals surface area contributed by atoms with Crippen LogP contribution in [-0.4, -0.2) is 33.7 Å². The van der Waals surface area contributed by atoms with Crippen LogP contribution in [0.2, 0.25) is 0 Å². The summed E-state index contributed by atoms with van der Waals surface area (Å²) < 4.78 is 33.3. The SMILES string of the molecule is CCSc1ccccc1NC(=O)CN(c1ccccc1OC)S(=O)(=O)c1ccccc1. The minimum Gasteiger partial charge on any atom is -0.495 e. The third-order valence-electron chi connectivity index (χ3n) is 4.43. The highest BCUT2D eigenvalue weighted by Gasteiger charge is 2.29. The van der Waals surface area contributed by atoms with Crippen molar-refractivity contribution in [3.05, 3.63) is 78.9 Å². The Bertz CT molecular complexity index is 1140. The number of carbonyl (C=O) groups is 1. The zero-order valence-electron chi connectivity index (χ0n) is 17.3. The van der Waals surface area contributed by atoms with Gasteiger partial charge in [-0.1, -0.05) is 49.4 Å². The maximum absolute atomic E-state index is 13.4. The molecule has 8 heteroatoms. The van der Waals surface area contributed by atoms with Gasteiger partial charge in [-0.05, 0) is 42.2 Å². The van der Waals surface area contributed by atoms with E-state index < -0.39 is 22.5 Å². The first-order valence-corrected chi connectivity index (χ1v) is 12.1. The molecule has 3 rings (SSSR count). The second-order valence-corrected chi connectivity index (χ2v) is 9.64. The Balaban J connectivity index is 1.97. The molecule has 0 aromatic heterocycles. The molecule has 1 N–H and O–H groups in total. The van der Waals surface area contributed by atoms with Crippen LogP contribution >= 0.6 is 11.8 Å². The summed E-state index contributed by atoms with van der Waals surface area (Å²) in [7, 11) is -2.54. The highest BCUT2D eigenvalue weighted by molar-refractivity contribution is 7.99. The first-order chi connectivity index (χ1) is 15.0. The maximum Gasteiger partial charge on any atom is 0.264 e. The van der Waals surface area contributed by atoms with Gasteiger partial charge in [0.15, 0.2) is 0 Å². The maximum atomic E-state index is 13.4. The van der Waals surface area contributed by atoms with E-state index in [1.54, 1.807) is 60.3 Å². The second-order valence-electron chi connectivity index (χ2n) is 6.47. The summed E-state index contributed by atoms with van der Waals surface area (Å²) in [4.78, 5) is 14.0. The number of nitrogens with zero attached hydrogens (tertiary/aromatic N) is 1. The average molecular weight is 457 g/mol. The van der Waals surface area contributed by atoms with Crippen molar-refractivity contribution in [3.63, 3.8) is 0 Å². The molecule has 162 valence electrons. The Morgan fingerprint density at radius 1 is 0.968 bits per heavy atom. The smallest absolute Gasteiger partial charge is 0.264 e. The Morgan fingerprint density at radius 2 is 1.61 bits per heavy atom. The van der Waals surface area contributed by atoms with Gasteiger partial charge in [0.05, 0.1) is 23.4 Å². The fraction of sp³-hybridized carbons (Fsp3) is 0.174. The Hall–Kier alpha value is -2.97. The predicted molar refractivity (Wildman–Crippen MR) is 125 cm³/mol. The van der Waals surface area contributed by atoms with Crippen molar-refractivity contribution >= 4 is 39.1 Å². The molecule has 0 saturated carbocycles. The number of para-hydroxylation sites is 3. The summed E-state index contributed by atoms with van der Waals surface area (Å²) in [5.41, 5.74) is 0.941. The highest BCUT2D eigenvalue weighted by Crippen LogP contribution is 2.32. The van der Waals surface area contributed by atoms with E-state index in [9.17, 15) is 13.2 Å². The lowest BCUT2D eigenvalue weighted by Crippen LogP contribution is -2.38. The van der Waals surface area contributed by atoms with Crippen molar-refractivity contribution in [3.8, 4) is 5.75 Å². The van der Waals surface area contributed by atoms with Crippen molar-refractivity contribution in [2.24, 2.45) is 0 Å². The molecule has 0 heterocycles. The van der Waals surface area contributed by atoms with Gasteiger partial charge in [-0.25, -0.2) is 8.42 Å². The van der Waals surface area contributed by atoms with Gasteiger partial charge in [0, 0.05) is 4.90 Å². The summed E-state index contributed by atoms with van der Waals surface area (Å²) in [5, 5.41) is 2.85. The zero-order chi connectivity index (χ0) is 22.3. The number of benzene rings is 3. The molecule has 3 aromatic rings. The van der Waals surface area contributed by atoms with E-state index in [2.05, 4.69) is 5.32 Å². The molecule has 0 fully saturated rings. The molecule has 0 saturated heterocycles. The molecule has 3 aromatic carbocycles. The van der Waals surface area contributed by atoms with Gasteiger partial charge in [-0.2, -0.15) is 0 Å². The van der Waals surface area contributed by atoms with E-state index in [1.165, 1.54) is 19.2 Å². The molecule has 0 bridgehead atoms. The van der Waals surface area contributed by atoms with Crippen molar-refractivity contribution in [1.29, 1.82) is 0 Å². The van der Waals surface area contributed by atoms with E-state index in [0.29, 0.717) is 17.1 Å². The number of ether oxygens (including phenoxy) is 1. The van der Waals surface area contributed by atoms with Crippen LogP contribution in [0.4, 0.5) is 11.4 Å². The van der Waals surface area contributed by atoms with Crippen LogP contribution in [0, 0.1) is 0 Å². The average Bonchev–Trinajstić information content (AvgIpc) is 2.79. The van der Waals surface area contributed by atoms with Gasteiger partial charge >= 0.3 is 0 Å². The van der Waals surface area contributed by atoms with Crippen molar-refractivity contribution in [2.45, 2.75) is 16.7 Å². The molecule has 0 radical (unpaired) electrons. The van der Waals surface area contributed by atoms with Crippen LogP contribution < -0.4 is 14.4 Å². The van der Waals surface area contributed by atoms with Gasteiger partial charge in [0.25, 0.3) is 10.0 Å². The summed E-state index contributed by atoms with van der Waals surface area (Å²) in [6, 6.07) is 22.2. The Kier molecular flexibility index (Phi) is 7.59. The number of methoxy groups -OCH3 is 1. The summed E-state index contributed by atoms with van der Waals surface area (Å²) in [6.45, 7) is 1.63. The third kappa shape index (κ3) is 5.39. The predicted octanol–water partition coefficient (Wildman–Crippen LogP) is 4.64. The second kappa shape index (κ2) is 10.4. The Morgan fingerprint density at radius 3 is 2.32 bits per heavy atom. The number of amides is 1. The third-order valence-corrected chi connectivity index (χ3v) is 7.16. The minimum absolute atomic E-state index is 0.0932. The first-order valence-electron chi connectivity index (χ1n) is 9.70. The number of nitrogens with one attached hydrogen (secondary N) is 1. The molecular formula is C23H24N2O4S2. The molecule has 0 aliphatic carbocycles. The quantitative estimate of drug-likeness (QED) is 0.475. The van der Waals surface area contributed by atoms with Crippen LogP contribution in [0.25, 0.3) is 0 Å². The fourth-order valence-corrected chi connectivity index (χ4v) is 5.24. The van der Waals surface area contributed by atoms with Crippen molar-refractivity contribution in [1.82, 2.24) is 0 Å². The zero-order valence-corrected chi connectivity index (χ0v) is 18.9. The molecule has 0 atom stereocenters. The van der Waals surface area contributed by atoms with Crippen LogP contribution in [0.1, 0.15) is 6.92 Å². The lowest BCUT2D eigenvalue weighted by atomic mass is 10.3. The normalized spacial score (nSPS) is 11.0. The van der Waals surface area contributed by atoms with E-state index >= 15 is 0 Å². The molecule has 0 aliphatic rings. The Labute approximate surface area is 187 Å². The van der Waals surface area contributed by atoms with Gasteiger partial charge in [0.2, 0.25) is 5.91 Å². The van der Waals surface area contributed by atoms with Crippen LogP contribution in [0.15, 0.2) is 88.7 Å². The molecule has 0 spiro atoms.